The van der Waals surface area contributed by atoms with Gasteiger partial charge in [0.15, 0.2) is 0 Å². The topological polar surface area (TPSA) is 60.4 Å². The lowest BCUT2D eigenvalue weighted by atomic mass is 10.1. The van der Waals surface area contributed by atoms with Crippen LogP contribution in [-0.2, 0) is 4.79 Å². The summed E-state index contributed by atoms with van der Waals surface area (Å²) < 4.78 is -0.572. The second kappa shape index (κ2) is 4.93. The molecule has 1 aromatic carbocycles. The average Bonchev–Trinajstić information content (AvgIpc) is 2.75. The Morgan fingerprint density at radius 2 is 1.81 bits per heavy atom. The Morgan fingerprint density at radius 1 is 1.44 bits per heavy atom. The number of phenols is 1. The van der Waals surface area contributed by atoms with E-state index >= 15 is 0 Å². The first-order valence-corrected chi connectivity index (χ1v) is 5.43. The van der Waals surface area contributed by atoms with Gasteiger partial charge in [0.05, 0.1) is 0 Å². The maximum Gasteiger partial charge on any atom is 0.125 e. The number of carboxylic acids is 1. The number of aliphatic carboxylic acids is 1. The van der Waals surface area contributed by atoms with Gasteiger partial charge in [0.1, 0.15) is 10.1 Å². The summed E-state index contributed by atoms with van der Waals surface area (Å²) in [6.07, 6.45) is 0.806. The van der Waals surface area contributed by atoms with Crippen molar-refractivity contribution in [3.05, 3.63) is 29.8 Å². The SMILES string of the molecule is CC(=O)[O-].Oc1ccc(C2CC2(Cl)Cl)cc1. The zero-order chi connectivity index (χ0) is 12.3. The lowest BCUT2D eigenvalue weighted by Crippen LogP contribution is -2.16. The maximum absolute atomic E-state index is 9.02. The number of rotatable bonds is 1. The highest BCUT2D eigenvalue weighted by molar-refractivity contribution is 6.51. The normalized spacial score (nSPS) is 20.6. The molecule has 1 fully saturated rings. The zero-order valence-electron chi connectivity index (χ0n) is 8.61. The Hall–Kier alpha value is -0.930. The minimum atomic E-state index is -1.08. The molecule has 1 aliphatic rings. The minimum Gasteiger partial charge on any atom is -0.550 e. The highest BCUT2D eigenvalue weighted by Gasteiger charge is 2.52. The summed E-state index contributed by atoms with van der Waals surface area (Å²) in [6.45, 7) is 0.972. The fourth-order valence-electron chi connectivity index (χ4n) is 1.28. The number of carbonyl (C=O) groups is 1. The predicted octanol–water partition coefficient (Wildman–Crippen LogP) is 1.81. The molecular formula is C11H11Cl2O3-. The second-order valence-corrected chi connectivity index (χ2v) is 5.14. The van der Waals surface area contributed by atoms with Gasteiger partial charge in [0.2, 0.25) is 0 Å². The third kappa shape index (κ3) is 3.91. The van der Waals surface area contributed by atoms with Gasteiger partial charge in [-0.05, 0) is 31.0 Å². The van der Waals surface area contributed by atoms with Gasteiger partial charge >= 0.3 is 0 Å². The molecule has 1 unspecified atom stereocenters. The molecule has 0 bridgehead atoms. The van der Waals surface area contributed by atoms with Crippen LogP contribution >= 0.6 is 23.2 Å². The largest absolute Gasteiger partial charge is 0.550 e. The van der Waals surface area contributed by atoms with Crippen LogP contribution in [0.3, 0.4) is 0 Å². The standard InChI is InChI=1S/C9H8Cl2O.C2H4O2/c10-9(11)5-8(9)6-1-3-7(12)4-2-6;1-2(3)4/h1-4,8,12H,5H2;1H3,(H,3,4)/p-1. The lowest BCUT2D eigenvalue weighted by Gasteiger charge is -1.99. The van der Waals surface area contributed by atoms with E-state index in [-0.39, 0.29) is 11.7 Å². The molecule has 0 aliphatic heterocycles. The molecule has 1 aliphatic carbocycles. The molecule has 2 rings (SSSR count). The Bertz CT molecular complexity index is 369. The molecular weight excluding hydrogens is 251 g/mol. The molecule has 0 saturated heterocycles. The van der Waals surface area contributed by atoms with Crippen molar-refractivity contribution in [1.82, 2.24) is 0 Å². The molecule has 5 heteroatoms. The number of halogens is 2. The maximum atomic E-state index is 9.02. The molecule has 1 atom stereocenters. The quantitative estimate of drug-likeness (QED) is 0.785. The van der Waals surface area contributed by atoms with E-state index in [2.05, 4.69) is 0 Å². The van der Waals surface area contributed by atoms with Gasteiger partial charge in [-0.2, -0.15) is 0 Å². The zero-order valence-corrected chi connectivity index (χ0v) is 10.1. The summed E-state index contributed by atoms with van der Waals surface area (Å²) in [7, 11) is 0. The van der Waals surface area contributed by atoms with Crippen LogP contribution in [0.15, 0.2) is 24.3 Å². The van der Waals surface area contributed by atoms with E-state index in [4.69, 9.17) is 38.2 Å². The fraction of sp³-hybridized carbons (Fsp3) is 0.364. The summed E-state index contributed by atoms with van der Waals surface area (Å²) in [6, 6.07) is 7.01. The second-order valence-electron chi connectivity index (χ2n) is 3.60. The first kappa shape index (κ1) is 13.1. The van der Waals surface area contributed by atoms with Gasteiger partial charge in [0.25, 0.3) is 0 Å². The summed E-state index contributed by atoms with van der Waals surface area (Å²) >= 11 is 11.8. The van der Waals surface area contributed by atoms with Gasteiger partial charge in [-0.15, -0.1) is 23.2 Å². The Balaban J connectivity index is 0.000000280. The molecule has 0 amide bonds. The van der Waals surface area contributed by atoms with Gasteiger partial charge < -0.3 is 15.0 Å². The number of phenolic OH excluding ortho intramolecular Hbond substituents is 1. The fourth-order valence-corrected chi connectivity index (χ4v) is 1.84. The lowest BCUT2D eigenvalue weighted by molar-refractivity contribution is -0.302. The van der Waals surface area contributed by atoms with Crippen LogP contribution in [0.2, 0.25) is 0 Å². The van der Waals surface area contributed by atoms with Crippen LogP contribution < -0.4 is 5.11 Å². The third-order valence-electron chi connectivity index (χ3n) is 2.12. The van der Waals surface area contributed by atoms with Crippen LogP contribution in [0.4, 0.5) is 0 Å². The van der Waals surface area contributed by atoms with Crippen molar-refractivity contribution >= 4 is 29.2 Å². The number of carbonyl (C=O) groups excluding carboxylic acids is 1. The van der Waals surface area contributed by atoms with Crippen LogP contribution in [0.1, 0.15) is 24.8 Å². The van der Waals surface area contributed by atoms with Crippen molar-refractivity contribution in [1.29, 1.82) is 0 Å². The number of benzene rings is 1. The summed E-state index contributed by atoms with van der Waals surface area (Å²) in [5.74, 6) is -0.574. The van der Waals surface area contributed by atoms with Gasteiger partial charge in [-0.25, -0.2) is 0 Å². The highest BCUT2D eigenvalue weighted by atomic mass is 35.5. The Labute approximate surface area is 104 Å². The van der Waals surface area contributed by atoms with Gasteiger partial charge in [-0.3, -0.25) is 0 Å². The van der Waals surface area contributed by atoms with E-state index < -0.39 is 10.3 Å². The van der Waals surface area contributed by atoms with Crippen LogP contribution in [0.5, 0.6) is 5.75 Å². The number of hydrogen-bond acceptors (Lipinski definition) is 3. The molecule has 0 radical (unpaired) electrons. The van der Waals surface area contributed by atoms with Gasteiger partial charge in [0, 0.05) is 11.9 Å². The van der Waals surface area contributed by atoms with Crippen molar-refractivity contribution in [2.24, 2.45) is 0 Å². The molecule has 0 spiro atoms. The smallest absolute Gasteiger partial charge is 0.125 e. The predicted molar refractivity (Wildman–Crippen MR) is 60.6 cm³/mol. The number of aromatic hydroxyl groups is 1. The summed E-state index contributed by atoms with van der Waals surface area (Å²) in [5, 5.41) is 17.9. The van der Waals surface area contributed by atoms with Crippen molar-refractivity contribution in [2.45, 2.75) is 23.6 Å². The Morgan fingerprint density at radius 3 is 2.12 bits per heavy atom. The number of alkyl halides is 2. The Kier molecular flexibility index (Phi) is 4.05. The molecule has 0 heterocycles. The molecule has 1 aromatic rings. The molecule has 1 N–H and O–H groups in total. The van der Waals surface area contributed by atoms with Crippen LogP contribution in [0, 0.1) is 0 Å². The van der Waals surface area contributed by atoms with E-state index in [9.17, 15) is 0 Å². The van der Waals surface area contributed by atoms with Crippen molar-refractivity contribution in [3.8, 4) is 5.75 Å². The van der Waals surface area contributed by atoms with Crippen LogP contribution in [0.25, 0.3) is 0 Å². The summed E-state index contributed by atoms with van der Waals surface area (Å²) in [4.78, 5) is 8.89. The van der Waals surface area contributed by atoms with E-state index in [1.165, 1.54) is 0 Å². The van der Waals surface area contributed by atoms with Crippen molar-refractivity contribution in [3.63, 3.8) is 0 Å². The molecule has 0 aromatic heterocycles. The van der Waals surface area contributed by atoms with E-state index in [0.29, 0.717) is 0 Å². The summed E-state index contributed by atoms with van der Waals surface area (Å²) in [5.41, 5.74) is 1.10. The number of hydrogen-bond donors (Lipinski definition) is 1. The average molecular weight is 262 g/mol. The highest BCUT2D eigenvalue weighted by Crippen LogP contribution is 2.59. The third-order valence-corrected chi connectivity index (χ3v) is 2.96. The van der Waals surface area contributed by atoms with E-state index in [1.54, 1.807) is 12.1 Å². The molecule has 3 nitrogen and oxygen atoms in total. The number of carboxylic acid groups (broad SMARTS) is 1. The first-order chi connectivity index (χ1) is 7.33. The van der Waals surface area contributed by atoms with E-state index in [1.807, 2.05) is 12.1 Å². The monoisotopic (exact) mass is 261 g/mol. The van der Waals surface area contributed by atoms with Crippen molar-refractivity contribution in [2.75, 3.05) is 0 Å². The molecule has 1 saturated carbocycles. The van der Waals surface area contributed by atoms with Crippen LogP contribution in [-0.4, -0.2) is 15.4 Å². The minimum absolute atomic E-state index is 0.237. The van der Waals surface area contributed by atoms with Crippen molar-refractivity contribution < 1.29 is 15.0 Å². The van der Waals surface area contributed by atoms with Gasteiger partial charge in [-0.1, -0.05) is 12.1 Å². The molecule has 88 valence electrons. The first-order valence-electron chi connectivity index (χ1n) is 4.67. The van der Waals surface area contributed by atoms with E-state index in [0.717, 1.165) is 18.9 Å². The molecule has 16 heavy (non-hydrogen) atoms.